The van der Waals surface area contributed by atoms with Crippen LogP contribution in [0.2, 0.25) is 19.6 Å². The summed E-state index contributed by atoms with van der Waals surface area (Å²) in [5, 5.41) is 0. The highest BCUT2D eigenvalue weighted by molar-refractivity contribution is 6.83. The molecule has 1 aliphatic heterocycles. The lowest BCUT2D eigenvalue weighted by Gasteiger charge is -2.32. The van der Waals surface area contributed by atoms with Crippen molar-refractivity contribution in [2.24, 2.45) is 5.92 Å². The van der Waals surface area contributed by atoms with Gasteiger partial charge in [0.25, 0.3) is 0 Å². The van der Waals surface area contributed by atoms with Crippen molar-refractivity contribution in [3.63, 3.8) is 0 Å². The fourth-order valence-electron chi connectivity index (χ4n) is 3.13. The summed E-state index contributed by atoms with van der Waals surface area (Å²) in [6, 6.07) is 0. The van der Waals surface area contributed by atoms with Crippen LogP contribution < -0.4 is 0 Å². The molecule has 0 atom stereocenters. The quantitative estimate of drug-likeness (QED) is 0.523. The van der Waals surface area contributed by atoms with E-state index in [2.05, 4.69) is 64.9 Å². The van der Waals surface area contributed by atoms with Crippen molar-refractivity contribution in [2.75, 3.05) is 0 Å². The molecule has 2 rings (SSSR count). The molecule has 0 N–H and O–H groups in total. The second-order valence-electron chi connectivity index (χ2n) is 9.09. The Balaban J connectivity index is 2.27. The monoisotopic (exact) mass is 332 g/mol. The molecule has 0 radical (unpaired) electrons. The molecular weight excluding hydrogens is 299 g/mol. The third-order valence-electron chi connectivity index (χ3n) is 5.29. The van der Waals surface area contributed by atoms with E-state index in [1.54, 1.807) is 0 Å². The van der Waals surface area contributed by atoms with Crippen molar-refractivity contribution in [3.05, 3.63) is 11.5 Å². The molecule has 1 saturated heterocycles. The number of allylic oxidation sites excluding steroid dienone is 2. The highest BCUT2D eigenvalue weighted by Crippen LogP contribution is 2.42. The maximum Gasteiger partial charge on any atom is 0.491 e. The minimum Gasteiger partial charge on any atom is -0.400 e. The average molecular weight is 332 g/mol. The first-order valence-corrected chi connectivity index (χ1v) is 12.6. The van der Waals surface area contributed by atoms with Gasteiger partial charge in [0.1, 0.15) is 8.07 Å². The summed E-state index contributed by atoms with van der Waals surface area (Å²) in [5.41, 5.74) is 4.17. The summed E-state index contributed by atoms with van der Waals surface area (Å²) < 4.78 is 12.6. The second-order valence-corrected chi connectivity index (χ2v) is 13.8. The van der Waals surface area contributed by atoms with Crippen molar-refractivity contribution in [1.29, 1.82) is 0 Å². The van der Waals surface area contributed by atoms with E-state index >= 15 is 0 Å². The minimum absolute atomic E-state index is 0.237. The van der Waals surface area contributed by atoms with Crippen molar-refractivity contribution in [2.45, 2.75) is 90.6 Å². The van der Waals surface area contributed by atoms with Crippen LogP contribution in [-0.2, 0) is 9.31 Å². The summed E-state index contributed by atoms with van der Waals surface area (Å²) in [5.74, 6) is 3.91. The Morgan fingerprint density at radius 3 is 2.00 bits per heavy atom. The van der Waals surface area contributed by atoms with Crippen molar-refractivity contribution in [1.82, 2.24) is 0 Å². The van der Waals surface area contributed by atoms with E-state index in [4.69, 9.17) is 9.31 Å². The standard InChI is InChI=1S/C19H33BO2Si/c1-18(2)19(3,4)22-20(21-18)17(14-11-15-23(5,6)7)16-12-9-8-10-13-16/h14,16H,8-10,12-13H2,1-7H3/b17-14+. The summed E-state index contributed by atoms with van der Waals surface area (Å²) in [6.45, 7) is 15.3. The Morgan fingerprint density at radius 1 is 1.00 bits per heavy atom. The van der Waals surface area contributed by atoms with E-state index in [9.17, 15) is 0 Å². The van der Waals surface area contributed by atoms with E-state index < -0.39 is 8.07 Å². The molecule has 0 aromatic carbocycles. The molecule has 23 heavy (non-hydrogen) atoms. The van der Waals surface area contributed by atoms with Crippen LogP contribution >= 0.6 is 0 Å². The number of hydrogen-bond acceptors (Lipinski definition) is 2. The van der Waals surface area contributed by atoms with Gasteiger partial charge in [-0.3, -0.25) is 0 Å². The molecule has 4 heteroatoms. The van der Waals surface area contributed by atoms with Crippen LogP contribution in [0.15, 0.2) is 11.5 Å². The van der Waals surface area contributed by atoms with Crippen LogP contribution in [0, 0.1) is 17.4 Å². The van der Waals surface area contributed by atoms with Gasteiger partial charge in [-0.1, -0.05) is 44.8 Å². The molecule has 2 fully saturated rings. The molecule has 1 saturated carbocycles. The van der Waals surface area contributed by atoms with Crippen LogP contribution in [0.4, 0.5) is 0 Å². The molecule has 1 heterocycles. The molecule has 1 aliphatic carbocycles. The van der Waals surface area contributed by atoms with Crippen LogP contribution in [0.25, 0.3) is 0 Å². The predicted octanol–water partition coefficient (Wildman–Crippen LogP) is 5.01. The lowest BCUT2D eigenvalue weighted by atomic mass is 9.66. The molecule has 0 aromatic rings. The van der Waals surface area contributed by atoms with Gasteiger partial charge in [0, 0.05) is 0 Å². The zero-order valence-corrected chi connectivity index (χ0v) is 17.1. The molecule has 0 spiro atoms. The van der Waals surface area contributed by atoms with Gasteiger partial charge in [0.05, 0.1) is 11.2 Å². The molecule has 2 nitrogen and oxygen atoms in total. The number of hydrogen-bond donors (Lipinski definition) is 0. The molecule has 128 valence electrons. The fourth-order valence-corrected chi connectivity index (χ4v) is 3.63. The molecule has 0 aromatic heterocycles. The largest absolute Gasteiger partial charge is 0.491 e. The van der Waals surface area contributed by atoms with Gasteiger partial charge in [-0.15, -0.1) is 5.54 Å². The summed E-state index contributed by atoms with van der Waals surface area (Å²) in [4.78, 5) is 0. The van der Waals surface area contributed by atoms with Crippen LogP contribution in [-0.4, -0.2) is 26.4 Å². The highest BCUT2D eigenvalue weighted by atomic mass is 28.3. The van der Waals surface area contributed by atoms with Crippen LogP contribution in [0.3, 0.4) is 0 Å². The second kappa shape index (κ2) is 6.78. The first-order chi connectivity index (χ1) is 10.5. The van der Waals surface area contributed by atoms with Gasteiger partial charge in [0.2, 0.25) is 0 Å². The molecule has 2 aliphatic rings. The lowest BCUT2D eigenvalue weighted by Crippen LogP contribution is -2.41. The maximum atomic E-state index is 6.32. The normalized spacial score (nSPS) is 25.2. The lowest BCUT2D eigenvalue weighted by molar-refractivity contribution is 0.00578. The van der Waals surface area contributed by atoms with Gasteiger partial charge < -0.3 is 9.31 Å². The predicted molar refractivity (Wildman–Crippen MR) is 102 cm³/mol. The Bertz CT molecular complexity index is 498. The third kappa shape index (κ3) is 4.75. The smallest absolute Gasteiger partial charge is 0.400 e. The van der Waals surface area contributed by atoms with Gasteiger partial charge >= 0.3 is 7.12 Å². The van der Waals surface area contributed by atoms with E-state index in [1.807, 2.05) is 0 Å². The minimum atomic E-state index is -1.36. The van der Waals surface area contributed by atoms with Gasteiger partial charge in [-0.05, 0) is 58.0 Å². The Labute approximate surface area is 144 Å². The maximum absolute atomic E-state index is 6.32. The van der Waals surface area contributed by atoms with Crippen molar-refractivity contribution < 1.29 is 9.31 Å². The molecular formula is C19H33BO2Si. The zero-order valence-electron chi connectivity index (χ0n) is 16.1. The van der Waals surface area contributed by atoms with E-state index in [0.29, 0.717) is 5.92 Å². The zero-order chi connectivity index (χ0) is 17.3. The Morgan fingerprint density at radius 2 is 1.52 bits per heavy atom. The van der Waals surface area contributed by atoms with Gasteiger partial charge in [-0.2, -0.15) is 0 Å². The summed E-state index contributed by atoms with van der Waals surface area (Å²) in [7, 11) is -1.59. The third-order valence-corrected chi connectivity index (χ3v) is 6.18. The van der Waals surface area contributed by atoms with E-state index in [1.165, 1.54) is 37.6 Å². The Kier molecular flexibility index (Phi) is 5.55. The Hall–Kier alpha value is -0.498. The first-order valence-electron chi connectivity index (χ1n) is 9.10. The molecule has 0 unspecified atom stereocenters. The van der Waals surface area contributed by atoms with E-state index in [-0.39, 0.29) is 18.3 Å². The fraction of sp³-hybridized carbons (Fsp3) is 0.789. The summed E-state index contributed by atoms with van der Waals surface area (Å²) >= 11 is 0. The van der Waals surface area contributed by atoms with Gasteiger partial charge in [0.15, 0.2) is 0 Å². The first kappa shape index (κ1) is 18.8. The number of rotatable bonds is 2. The van der Waals surface area contributed by atoms with E-state index in [0.717, 1.165) is 0 Å². The molecule has 0 amide bonds. The molecule has 0 bridgehead atoms. The highest BCUT2D eigenvalue weighted by Gasteiger charge is 2.53. The average Bonchev–Trinajstić information content (AvgIpc) is 2.63. The van der Waals surface area contributed by atoms with Gasteiger partial charge in [-0.25, -0.2) is 0 Å². The van der Waals surface area contributed by atoms with Crippen molar-refractivity contribution >= 4 is 15.2 Å². The topological polar surface area (TPSA) is 18.5 Å². The van der Waals surface area contributed by atoms with Crippen LogP contribution in [0.5, 0.6) is 0 Å². The SMILES string of the molecule is CC1(C)OB(/C(=C/C#C[Si](C)(C)C)C2CCCCC2)OC1(C)C. The van der Waals surface area contributed by atoms with Crippen LogP contribution in [0.1, 0.15) is 59.8 Å². The summed E-state index contributed by atoms with van der Waals surface area (Å²) in [6.07, 6.45) is 8.57. The van der Waals surface area contributed by atoms with Crippen molar-refractivity contribution in [3.8, 4) is 11.5 Å².